The Morgan fingerprint density at radius 3 is 1.90 bits per heavy atom. The molecule has 0 fully saturated rings. The Labute approximate surface area is 168 Å². The van der Waals surface area contributed by atoms with Gasteiger partial charge in [-0.2, -0.15) is 0 Å². The van der Waals surface area contributed by atoms with E-state index in [4.69, 9.17) is 0 Å². The van der Waals surface area contributed by atoms with E-state index in [-0.39, 0.29) is 17.3 Å². The van der Waals surface area contributed by atoms with Crippen LogP contribution in [-0.4, -0.2) is 21.3 Å². The molecule has 0 atom stereocenters. The number of hydrogen-bond acceptors (Lipinski definition) is 7. The number of halogens is 3. The molecule has 0 aliphatic carbocycles. The number of ether oxygens (including phenoxy) is 1. The highest BCUT2D eigenvalue weighted by Gasteiger charge is 2.31. The number of nitrogens with one attached hydrogen (secondary N) is 2. The molecule has 2 aromatic carbocycles. The van der Waals surface area contributed by atoms with Gasteiger partial charge in [0.1, 0.15) is 12.1 Å². The van der Waals surface area contributed by atoms with Gasteiger partial charge in [-0.3, -0.25) is 10.1 Å². The van der Waals surface area contributed by atoms with E-state index < -0.39 is 22.7 Å². The summed E-state index contributed by atoms with van der Waals surface area (Å²) < 4.78 is 40.6. The van der Waals surface area contributed by atoms with Gasteiger partial charge in [0, 0.05) is 11.4 Å². The molecular weight excluding hydrogens is 403 g/mol. The van der Waals surface area contributed by atoms with E-state index >= 15 is 0 Å². The first-order chi connectivity index (χ1) is 14.2. The minimum Gasteiger partial charge on any atom is -0.406 e. The molecule has 3 aromatic rings. The Morgan fingerprint density at radius 1 is 0.967 bits per heavy atom. The highest BCUT2D eigenvalue weighted by Crippen LogP contribution is 2.33. The average Bonchev–Trinajstić information content (AvgIpc) is 2.69. The van der Waals surface area contributed by atoms with Gasteiger partial charge in [-0.05, 0) is 48.4 Å². The van der Waals surface area contributed by atoms with Crippen LogP contribution in [0.4, 0.5) is 41.9 Å². The second-order valence-electron chi connectivity index (χ2n) is 6.05. The van der Waals surface area contributed by atoms with Gasteiger partial charge in [0.05, 0.1) is 4.92 Å². The van der Waals surface area contributed by atoms with E-state index in [2.05, 4.69) is 25.3 Å². The predicted octanol–water partition coefficient (Wildman–Crippen LogP) is 5.33. The van der Waals surface area contributed by atoms with Gasteiger partial charge < -0.3 is 15.4 Å². The number of aromatic nitrogens is 2. The van der Waals surface area contributed by atoms with Crippen LogP contribution in [0.2, 0.25) is 0 Å². The zero-order chi connectivity index (χ0) is 21.7. The minimum absolute atomic E-state index is 0.0289. The third-order valence-corrected chi connectivity index (χ3v) is 3.98. The summed E-state index contributed by atoms with van der Waals surface area (Å²) in [5.41, 5.74) is 1.59. The molecule has 0 radical (unpaired) electrons. The molecule has 11 heteroatoms. The maximum absolute atomic E-state index is 12.3. The molecule has 0 aliphatic heterocycles. The van der Waals surface area contributed by atoms with Crippen molar-refractivity contribution in [3.8, 4) is 5.75 Å². The van der Waals surface area contributed by atoms with Crippen LogP contribution in [-0.2, 0) is 6.42 Å². The van der Waals surface area contributed by atoms with Crippen LogP contribution in [0.15, 0.2) is 54.9 Å². The first kappa shape index (κ1) is 20.8. The van der Waals surface area contributed by atoms with E-state index in [1.165, 1.54) is 12.1 Å². The van der Waals surface area contributed by atoms with Crippen LogP contribution in [0.25, 0.3) is 0 Å². The number of nitrogens with zero attached hydrogens (tertiary/aromatic N) is 3. The van der Waals surface area contributed by atoms with Crippen LogP contribution in [0.5, 0.6) is 5.75 Å². The largest absolute Gasteiger partial charge is 0.573 e. The van der Waals surface area contributed by atoms with Crippen molar-refractivity contribution in [3.63, 3.8) is 0 Å². The van der Waals surface area contributed by atoms with Gasteiger partial charge in [0.25, 0.3) is 0 Å². The summed E-state index contributed by atoms with van der Waals surface area (Å²) in [5.74, 6) is -0.561. The van der Waals surface area contributed by atoms with Gasteiger partial charge >= 0.3 is 12.0 Å². The lowest BCUT2D eigenvalue weighted by atomic mass is 10.1. The standard InChI is InChI=1S/C19H16F3N5O3/c1-2-12-3-5-13(6-4-12)25-17-16(27(28)29)18(24-11-23-17)26-14-7-9-15(10-8-14)30-19(20,21)22/h3-11H,2H2,1H3,(H2,23,24,25,26). The second-order valence-corrected chi connectivity index (χ2v) is 6.05. The Hall–Kier alpha value is -3.89. The van der Waals surface area contributed by atoms with Crippen molar-refractivity contribution >= 4 is 28.7 Å². The molecule has 0 saturated heterocycles. The number of nitro groups is 1. The van der Waals surface area contributed by atoms with Gasteiger partial charge in [-0.1, -0.05) is 19.1 Å². The number of hydrogen-bond donors (Lipinski definition) is 2. The molecule has 0 spiro atoms. The zero-order valence-corrected chi connectivity index (χ0v) is 15.6. The molecule has 3 rings (SSSR count). The lowest BCUT2D eigenvalue weighted by Gasteiger charge is -2.12. The minimum atomic E-state index is -4.81. The van der Waals surface area contributed by atoms with E-state index in [9.17, 15) is 23.3 Å². The first-order valence-corrected chi connectivity index (χ1v) is 8.73. The summed E-state index contributed by atoms with van der Waals surface area (Å²) in [6, 6.07) is 12.0. The summed E-state index contributed by atoms with van der Waals surface area (Å²) >= 11 is 0. The molecule has 0 saturated carbocycles. The van der Waals surface area contributed by atoms with Crippen molar-refractivity contribution in [3.05, 3.63) is 70.5 Å². The fraction of sp³-hybridized carbons (Fsp3) is 0.158. The normalized spacial score (nSPS) is 11.1. The van der Waals surface area contributed by atoms with E-state index in [1.54, 1.807) is 12.1 Å². The number of rotatable bonds is 7. The summed E-state index contributed by atoms with van der Waals surface area (Å²) in [6.45, 7) is 2.01. The highest BCUT2D eigenvalue weighted by molar-refractivity contribution is 5.76. The third-order valence-electron chi connectivity index (χ3n) is 3.98. The SMILES string of the molecule is CCc1ccc(Nc2ncnc(Nc3ccc(OC(F)(F)F)cc3)c2[N+](=O)[O-])cc1. The van der Waals surface area contributed by atoms with Crippen molar-refractivity contribution < 1.29 is 22.8 Å². The van der Waals surface area contributed by atoms with Crippen molar-refractivity contribution in [2.75, 3.05) is 10.6 Å². The van der Waals surface area contributed by atoms with E-state index in [1.807, 2.05) is 19.1 Å². The quantitative estimate of drug-likeness (QED) is 0.394. The predicted molar refractivity (Wildman–Crippen MR) is 104 cm³/mol. The zero-order valence-electron chi connectivity index (χ0n) is 15.6. The number of benzene rings is 2. The van der Waals surface area contributed by atoms with Crippen LogP contribution in [0.1, 0.15) is 12.5 Å². The fourth-order valence-corrected chi connectivity index (χ4v) is 2.57. The summed E-state index contributed by atoms with van der Waals surface area (Å²) in [5, 5.41) is 17.2. The average molecular weight is 419 g/mol. The third kappa shape index (κ3) is 5.34. The first-order valence-electron chi connectivity index (χ1n) is 8.73. The topological polar surface area (TPSA) is 102 Å². The number of alkyl halides is 3. The van der Waals surface area contributed by atoms with Gasteiger partial charge in [0.15, 0.2) is 0 Å². The van der Waals surface area contributed by atoms with E-state index in [0.717, 1.165) is 30.4 Å². The second kappa shape index (κ2) is 8.64. The van der Waals surface area contributed by atoms with Crippen LogP contribution < -0.4 is 15.4 Å². The lowest BCUT2D eigenvalue weighted by molar-refractivity contribution is -0.383. The molecule has 0 amide bonds. The Balaban J connectivity index is 1.84. The van der Waals surface area contributed by atoms with Crippen LogP contribution in [0.3, 0.4) is 0 Å². The molecule has 1 heterocycles. The summed E-state index contributed by atoms with van der Waals surface area (Å²) in [4.78, 5) is 18.8. The molecule has 1 aromatic heterocycles. The molecule has 0 aliphatic rings. The molecular formula is C19H16F3N5O3. The maximum Gasteiger partial charge on any atom is 0.573 e. The highest BCUT2D eigenvalue weighted by atomic mass is 19.4. The number of anilines is 4. The number of aryl methyl sites for hydroxylation is 1. The summed E-state index contributed by atoms with van der Waals surface area (Å²) in [7, 11) is 0. The Morgan fingerprint density at radius 2 is 1.47 bits per heavy atom. The summed E-state index contributed by atoms with van der Waals surface area (Å²) in [6.07, 6.45) is -2.82. The van der Waals surface area contributed by atoms with Gasteiger partial charge in [0.2, 0.25) is 11.6 Å². The molecule has 156 valence electrons. The van der Waals surface area contributed by atoms with Crippen LogP contribution >= 0.6 is 0 Å². The Kier molecular flexibility index (Phi) is 6.00. The van der Waals surface area contributed by atoms with E-state index in [0.29, 0.717) is 5.69 Å². The molecule has 0 bridgehead atoms. The smallest absolute Gasteiger partial charge is 0.406 e. The van der Waals surface area contributed by atoms with Crippen molar-refractivity contribution in [2.45, 2.75) is 19.7 Å². The molecule has 8 nitrogen and oxygen atoms in total. The molecule has 0 unspecified atom stereocenters. The Bertz CT molecular complexity index is 1030. The van der Waals surface area contributed by atoms with Crippen molar-refractivity contribution in [2.24, 2.45) is 0 Å². The monoisotopic (exact) mass is 419 g/mol. The van der Waals surface area contributed by atoms with Crippen molar-refractivity contribution in [1.29, 1.82) is 0 Å². The fourth-order valence-electron chi connectivity index (χ4n) is 2.57. The molecule has 30 heavy (non-hydrogen) atoms. The van der Waals surface area contributed by atoms with Crippen molar-refractivity contribution in [1.82, 2.24) is 9.97 Å². The van der Waals surface area contributed by atoms with Crippen LogP contribution in [0, 0.1) is 10.1 Å². The van der Waals surface area contributed by atoms with Gasteiger partial charge in [-0.25, -0.2) is 9.97 Å². The lowest BCUT2D eigenvalue weighted by Crippen LogP contribution is -2.17. The molecule has 2 N–H and O–H groups in total. The maximum atomic E-state index is 12.3. The van der Waals surface area contributed by atoms with Gasteiger partial charge in [-0.15, -0.1) is 13.2 Å².